The van der Waals surface area contributed by atoms with Gasteiger partial charge in [-0.25, -0.2) is 4.68 Å². The van der Waals surface area contributed by atoms with Gasteiger partial charge in [0.1, 0.15) is 0 Å². The number of aliphatic hydroxyl groups excluding tert-OH is 1. The lowest BCUT2D eigenvalue weighted by atomic mass is 10.3. The predicted octanol–water partition coefficient (Wildman–Crippen LogP) is 0.00950. The zero-order valence-corrected chi connectivity index (χ0v) is 8.72. The lowest BCUT2D eigenvalue weighted by molar-refractivity contribution is 0.111. The number of aldehydes is 1. The van der Waals surface area contributed by atoms with Crippen molar-refractivity contribution < 1.29 is 14.6 Å². The molecule has 1 heterocycles. The van der Waals surface area contributed by atoms with E-state index in [1.807, 2.05) is 0 Å². The first-order valence-electron chi connectivity index (χ1n) is 4.80. The van der Waals surface area contributed by atoms with Crippen LogP contribution in [-0.4, -0.2) is 40.1 Å². The summed E-state index contributed by atoms with van der Waals surface area (Å²) in [5, 5.41) is 16.2. The van der Waals surface area contributed by atoms with Crippen molar-refractivity contribution in [2.24, 2.45) is 0 Å². The number of hydrogen-bond acceptors (Lipinski definition) is 5. The quantitative estimate of drug-likeness (QED) is 0.510. The highest BCUT2D eigenvalue weighted by Gasteiger charge is 2.11. The largest absolute Gasteiger partial charge is 0.396 e. The van der Waals surface area contributed by atoms with Gasteiger partial charge in [-0.15, -0.1) is 5.10 Å². The van der Waals surface area contributed by atoms with E-state index in [0.717, 1.165) is 6.42 Å². The summed E-state index contributed by atoms with van der Waals surface area (Å²) in [6.45, 7) is 1.12. The SMILES string of the molecule is COCc1c(C=O)nnn1CCCCO. The molecule has 84 valence electrons. The third-order valence-electron chi connectivity index (χ3n) is 2.04. The van der Waals surface area contributed by atoms with Crippen molar-refractivity contribution in [2.75, 3.05) is 13.7 Å². The molecule has 0 bridgehead atoms. The van der Waals surface area contributed by atoms with Crippen molar-refractivity contribution in [1.29, 1.82) is 0 Å². The van der Waals surface area contributed by atoms with Crippen LogP contribution in [0.1, 0.15) is 29.0 Å². The van der Waals surface area contributed by atoms with Crippen LogP contribution in [0.2, 0.25) is 0 Å². The molecule has 0 aliphatic rings. The molecule has 0 aromatic carbocycles. The number of methoxy groups -OCH3 is 1. The third-order valence-corrected chi connectivity index (χ3v) is 2.04. The van der Waals surface area contributed by atoms with E-state index in [9.17, 15) is 4.79 Å². The molecule has 0 saturated heterocycles. The van der Waals surface area contributed by atoms with Crippen molar-refractivity contribution in [2.45, 2.75) is 26.0 Å². The zero-order valence-electron chi connectivity index (χ0n) is 8.72. The topological polar surface area (TPSA) is 77.2 Å². The predicted molar refractivity (Wildman–Crippen MR) is 52.4 cm³/mol. The number of hydrogen-bond donors (Lipinski definition) is 1. The van der Waals surface area contributed by atoms with Gasteiger partial charge in [0.05, 0.1) is 12.3 Å². The Morgan fingerprint density at radius 2 is 2.33 bits per heavy atom. The first-order chi connectivity index (χ1) is 7.33. The van der Waals surface area contributed by atoms with Crippen LogP contribution in [0.4, 0.5) is 0 Å². The van der Waals surface area contributed by atoms with E-state index in [1.165, 1.54) is 0 Å². The van der Waals surface area contributed by atoms with Gasteiger partial charge in [-0.1, -0.05) is 5.21 Å². The molecule has 0 fully saturated rings. The van der Waals surface area contributed by atoms with E-state index < -0.39 is 0 Å². The average molecular weight is 213 g/mol. The van der Waals surface area contributed by atoms with Gasteiger partial charge in [0.2, 0.25) is 0 Å². The molecule has 0 spiro atoms. The molecule has 6 heteroatoms. The number of carbonyl (C=O) groups is 1. The summed E-state index contributed by atoms with van der Waals surface area (Å²) in [7, 11) is 1.56. The minimum absolute atomic E-state index is 0.162. The van der Waals surface area contributed by atoms with Gasteiger partial charge in [0.25, 0.3) is 0 Å². The minimum atomic E-state index is 0.162. The molecule has 0 radical (unpaired) electrons. The Kier molecular flexibility index (Phi) is 4.92. The second kappa shape index (κ2) is 6.26. The zero-order chi connectivity index (χ0) is 11.1. The van der Waals surface area contributed by atoms with Crippen LogP contribution >= 0.6 is 0 Å². The summed E-state index contributed by atoms with van der Waals surface area (Å²) < 4.78 is 6.61. The molecule has 0 amide bonds. The molecule has 15 heavy (non-hydrogen) atoms. The number of aryl methyl sites for hydroxylation is 1. The van der Waals surface area contributed by atoms with Crippen molar-refractivity contribution in [3.63, 3.8) is 0 Å². The molecule has 0 unspecified atom stereocenters. The lowest BCUT2D eigenvalue weighted by Crippen LogP contribution is -2.07. The van der Waals surface area contributed by atoms with Crippen molar-refractivity contribution in [1.82, 2.24) is 15.0 Å². The molecule has 1 rings (SSSR count). The molecule has 0 aliphatic heterocycles. The van der Waals surface area contributed by atoms with Gasteiger partial charge in [0.15, 0.2) is 12.0 Å². The van der Waals surface area contributed by atoms with Gasteiger partial charge in [0, 0.05) is 20.3 Å². The van der Waals surface area contributed by atoms with Crippen molar-refractivity contribution in [3.05, 3.63) is 11.4 Å². The Bertz CT molecular complexity index is 312. The summed E-state index contributed by atoms with van der Waals surface area (Å²) in [5.74, 6) is 0. The fraction of sp³-hybridized carbons (Fsp3) is 0.667. The standard InChI is InChI=1S/C9H15N3O3/c1-15-7-9-8(6-14)10-11-12(9)4-2-3-5-13/h6,13H,2-5,7H2,1H3. The van der Waals surface area contributed by atoms with Gasteiger partial charge >= 0.3 is 0 Å². The maximum atomic E-state index is 10.6. The number of nitrogens with zero attached hydrogens (tertiary/aromatic N) is 3. The number of unbranched alkanes of at least 4 members (excludes halogenated alkanes) is 1. The van der Waals surface area contributed by atoms with Crippen molar-refractivity contribution in [3.8, 4) is 0 Å². The molecule has 0 saturated carbocycles. The monoisotopic (exact) mass is 213 g/mol. The number of carbonyl (C=O) groups excluding carboxylic acids is 1. The summed E-state index contributed by atoms with van der Waals surface area (Å²) in [6.07, 6.45) is 2.18. The van der Waals surface area contributed by atoms with E-state index in [0.29, 0.717) is 37.2 Å². The Hall–Kier alpha value is -1.27. The highest BCUT2D eigenvalue weighted by Crippen LogP contribution is 2.06. The summed E-state index contributed by atoms with van der Waals surface area (Å²) >= 11 is 0. The molecule has 6 nitrogen and oxygen atoms in total. The van der Waals surface area contributed by atoms with Gasteiger partial charge in [-0.05, 0) is 12.8 Å². The van der Waals surface area contributed by atoms with Crippen LogP contribution in [0.25, 0.3) is 0 Å². The van der Waals surface area contributed by atoms with Crippen LogP contribution in [0.5, 0.6) is 0 Å². The van der Waals surface area contributed by atoms with E-state index in [2.05, 4.69) is 10.3 Å². The van der Waals surface area contributed by atoms with E-state index >= 15 is 0 Å². The van der Waals surface area contributed by atoms with E-state index in [-0.39, 0.29) is 6.61 Å². The molecule has 0 atom stereocenters. The fourth-order valence-electron chi connectivity index (χ4n) is 1.28. The smallest absolute Gasteiger partial charge is 0.172 e. The van der Waals surface area contributed by atoms with Crippen LogP contribution in [0.15, 0.2) is 0 Å². The van der Waals surface area contributed by atoms with Crippen molar-refractivity contribution >= 4 is 6.29 Å². The second-order valence-corrected chi connectivity index (χ2v) is 3.13. The maximum Gasteiger partial charge on any atom is 0.172 e. The van der Waals surface area contributed by atoms with Crippen LogP contribution in [-0.2, 0) is 17.9 Å². The van der Waals surface area contributed by atoms with E-state index in [4.69, 9.17) is 9.84 Å². The number of ether oxygens (including phenoxy) is 1. The van der Waals surface area contributed by atoms with Crippen LogP contribution < -0.4 is 0 Å². The summed E-state index contributed by atoms with van der Waals surface area (Å²) in [4.78, 5) is 10.6. The number of rotatable bonds is 7. The number of aromatic nitrogens is 3. The van der Waals surface area contributed by atoms with Crippen LogP contribution in [0, 0.1) is 0 Å². The molecule has 1 N–H and O–H groups in total. The Balaban J connectivity index is 2.68. The summed E-state index contributed by atoms with van der Waals surface area (Å²) in [5.41, 5.74) is 1.01. The normalized spacial score (nSPS) is 10.5. The first-order valence-corrected chi connectivity index (χ1v) is 4.80. The van der Waals surface area contributed by atoms with Gasteiger partial charge in [-0.2, -0.15) is 0 Å². The van der Waals surface area contributed by atoms with Crippen LogP contribution in [0.3, 0.4) is 0 Å². The first kappa shape index (κ1) is 11.8. The molecule has 1 aromatic heterocycles. The molecule has 1 aromatic rings. The third kappa shape index (κ3) is 3.10. The van der Waals surface area contributed by atoms with Gasteiger partial charge < -0.3 is 9.84 Å². The fourth-order valence-corrected chi connectivity index (χ4v) is 1.28. The average Bonchev–Trinajstić information content (AvgIpc) is 2.62. The maximum absolute atomic E-state index is 10.6. The Morgan fingerprint density at radius 1 is 1.53 bits per heavy atom. The Morgan fingerprint density at radius 3 is 2.93 bits per heavy atom. The van der Waals surface area contributed by atoms with Gasteiger partial charge in [-0.3, -0.25) is 4.79 Å². The molecule has 0 aliphatic carbocycles. The number of aliphatic hydroxyl groups is 1. The highest BCUT2D eigenvalue weighted by molar-refractivity contribution is 5.73. The minimum Gasteiger partial charge on any atom is -0.396 e. The summed E-state index contributed by atoms with van der Waals surface area (Å²) in [6, 6.07) is 0. The Labute approximate surface area is 87.9 Å². The highest BCUT2D eigenvalue weighted by atomic mass is 16.5. The lowest BCUT2D eigenvalue weighted by Gasteiger charge is -2.04. The molecular weight excluding hydrogens is 198 g/mol. The van der Waals surface area contributed by atoms with E-state index in [1.54, 1.807) is 11.8 Å². The second-order valence-electron chi connectivity index (χ2n) is 3.13. The molecular formula is C9H15N3O3.